The number of nitrogens with zero attached hydrogens (tertiary/aromatic N) is 2. The van der Waals surface area contributed by atoms with Gasteiger partial charge in [0.25, 0.3) is 0 Å². The van der Waals surface area contributed by atoms with Crippen LogP contribution in [0.2, 0.25) is 0 Å². The molecule has 0 fully saturated rings. The molecule has 5 nitrogen and oxygen atoms in total. The number of hydrogen-bond acceptors (Lipinski definition) is 3. The predicted molar refractivity (Wildman–Crippen MR) is 87.3 cm³/mol. The summed E-state index contributed by atoms with van der Waals surface area (Å²) < 4.78 is 13.5. The number of fused-ring (bicyclic) bond motifs is 1. The van der Waals surface area contributed by atoms with Gasteiger partial charge in [-0.3, -0.25) is 9.00 Å². The lowest BCUT2D eigenvalue weighted by Crippen LogP contribution is -2.21. The Balaban J connectivity index is 2.06. The Bertz CT molecular complexity index is 747. The van der Waals surface area contributed by atoms with Gasteiger partial charge in [-0.05, 0) is 19.1 Å². The number of rotatable bonds is 3. The van der Waals surface area contributed by atoms with Gasteiger partial charge >= 0.3 is 0 Å². The molecule has 0 radical (unpaired) electrons. The number of aromatic nitrogens is 2. The summed E-state index contributed by atoms with van der Waals surface area (Å²) in [5, 5.41) is 7.51. The van der Waals surface area contributed by atoms with Crippen LogP contribution >= 0.6 is 0 Å². The molecule has 2 aromatic rings. The van der Waals surface area contributed by atoms with E-state index in [4.69, 9.17) is 0 Å². The van der Waals surface area contributed by atoms with Crippen LogP contribution in [-0.4, -0.2) is 19.9 Å². The molecule has 1 aliphatic heterocycles. The largest absolute Gasteiger partial charge is 0.310 e. The molecule has 2 heterocycles. The van der Waals surface area contributed by atoms with Crippen molar-refractivity contribution in [1.29, 1.82) is 0 Å². The van der Waals surface area contributed by atoms with Gasteiger partial charge in [0.05, 0.1) is 22.9 Å². The van der Waals surface area contributed by atoms with Crippen LogP contribution < -0.4 is 5.32 Å². The monoisotopic (exact) mass is 317 g/mol. The van der Waals surface area contributed by atoms with Crippen LogP contribution in [0.15, 0.2) is 24.3 Å². The first kappa shape index (κ1) is 15.0. The van der Waals surface area contributed by atoms with Gasteiger partial charge in [0.15, 0.2) is 0 Å². The van der Waals surface area contributed by atoms with Crippen molar-refractivity contribution in [1.82, 2.24) is 9.78 Å². The van der Waals surface area contributed by atoms with Crippen LogP contribution in [0.25, 0.3) is 5.69 Å². The fourth-order valence-corrected chi connectivity index (χ4v) is 3.65. The minimum atomic E-state index is -0.919. The second-order valence-electron chi connectivity index (χ2n) is 5.89. The minimum Gasteiger partial charge on any atom is -0.310 e. The second-order valence-corrected chi connectivity index (χ2v) is 7.35. The predicted octanol–water partition coefficient (Wildman–Crippen LogP) is 2.54. The molecular formula is C16H19N3O2S. The van der Waals surface area contributed by atoms with E-state index in [0.29, 0.717) is 17.3 Å². The molecule has 22 heavy (non-hydrogen) atoms. The summed E-state index contributed by atoms with van der Waals surface area (Å²) in [6.45, 7) is 5.72. The molecule has 0 bridgehead atoms. The summed E-state index contributed by atoms with van der Waals surface area (Å²) in [7, 11) is -0.919. The lowest BCUT2D eigenvalue weighted by Gasteiger charge is -2.12. The number of aryl methyl sites for hydroxylation is 1. The van der Waals surface area contributed by atoms with Gasteiger partial charge in [0, 0.05) is 22.3 Å². The normalized spacial score (nSPS) is 16.8. The first-order valence-corrected chi connectivity index (χ1v) is 8.78. The van der Waals surface area contributed by atoms with Crippen molar-refractivity contribution in [2.24, 2.45) is 5.92 Å². The molecule has 0 saturated heterocycles. The van der Waals surface area contributed by atoms with Crippen LogP contribution in [0.1, 0.15) is 30.7 Å². The van der Waals surface area contributed by atoms with E-state index in [2.05, 4.69) is 10.4 Å². The summed E-state index contributed by atoms with van der Waals surface area (Å²) in [5.41, 5.74) is 3.77. The number of amides is 1. The first-order valence-electron chi connectivity index (χ1n) is 7.29. The van der Waals surface area contributed by atoms with E-state index >= 15 is 0 Å². The van der Waals surface area contributed by atoms with Gasteiger partial charge in [0.1, 0.15) is 5.82 Å². The summed E-state index contributed by atoms with van der Waals surface area (Å²) in [5.74, 6) is 1.38. The maximum absolute atomic E-state index is 12.1. The number of hydrogen-bond donors (Lipinski definition) is 1. The Morgan fingerprint density at radius 2 is 1.95 bits per heavy atom. The number of benzene rings is 1. The van der Waals surface area contributed by atoms with Crippen molar-refractivity contribution < 1.29 is 9.00 Å². The van der Waals surface area contributed by atoms with E-state index in [-0.39, 0.29) is 11.8 Å². The van der Waals surface area contributed by atoms with Crippen LogP contribution in [0.5, 0.6) is 0 Å². The molecule has 1 aliphatic rings. The highest BCUT2D eigenvalue weighted by Crippen LogP contribution is 2.31. The molecule has 0 saturated carbocycles. The maximum Gasteiger partial charge on any atom is 0.228 e. The van der Waals surface area contributed by atoms with E-state index in [0.717, 1.165) is 22.5 Å². The minimum absolute atomic E-state index is 0.0613. The first-order chi connectivity index (χ1) is 10.5. The SMILES string of the molecule is Cc1ccc(-n2nc3c(c2NC(=O)C(C)C)C[S@](=O)C3)cc1. The average Bonchev–Trinajstić information content (AvgIpc) is 2.97. The van der Waals surface area contributed by atoms with Crippen molar-refractivity contribution in [2.75, 3.05) is 5.32 Å². The van der Waals surface area contributed by atoms with Crippen LogP contribution in [-0.2, 0) is 27.1 Å². The lowest BCUT2D eigenvalue weighted by molar-refractivity contribution is -0.118. The molecule has 6 heteroatoms. The summed E-state index contributed by atoms with van der Waals surface area (Å²) in [4.78, 5) is 12.1. The van der Waals surface area contributed by atoms with Crippen molar-refractivity contribution in [2.45, 2.75) is 32.3 Å². The third-order valence-corrected chi connectivity index (χ3v) is 4.92. The van der Waals surface area contributed by atoms with Crippen molar-refractivity contribution in [3.05, 3.63) is 41.1 Å². The Hall–Kier alpha value is -1.95. The van der Waals surface area contributed by atoms with Crippen LogP contribution in [0.4, 0.5) is 5.82 Å². The van der Waals surface area contributed by atoms with Gasteiger partial charge < -0.3 is 5.32 Å². The van der Waals surface area contributed by atoms with Gasteiger partial charge in [-0.15, -0.1) is 0 Å². The second kappa shape index (κ2) is 5.68. The standard InChI is InChI=1S/C16H19N3O2S/c1-10(2)16(20)17-15-13-8-22(21)9-14(13)18-19(15)12-6-4-11(3)5-7-12/h4-7,10H,8-9H2,1-3H3,(H,17,20)/t22-/m0/s1. The average molecular weight is 317 g/mol. The van der Waals surface area contributed by atoms with Gasteiger partial charge in [-0.1, -0.05) is 31.5 Å². The zero-order chi connectivity index (χ0) is 15.9. The van der Waals surface area contributed by atoms with Gasteiger partial charge in [0.2, 0.25) is 5.91 Å². The number of nitrogens with one attached hydrogen (secondary N) is 1. The Labute approximate surface area is 132 Å². The third kappa shape index (κ3) is 2.70. The topological polar surface area (TPSA) is 64.0 Å². The number of carbonyl (C=O) groups excluding carboxylic acids is 1. The molecule has 1 aromatic heterocycles. The quantitative estimate of drug-likeness (QED) is 0.946. The Morgan fingerprint density at radius 3 is 2.59 bits per heavy atom. The molecule has 0 aliphatic carbocycles. The smallest absolute Gasteiger partial charge is 0.228 e. The number of anilines is 1. The lowest BCUT2D eigenvalue weighted by atomic mass is 10.2. The fraction of sp³-hybridized carbons (Fsp3) is 0.375. The van der Waals surface area contributed by atoms with E-state index in [1.54, 1.807) is 4.68 Å². The molecule has 1 atom stereocenters. The van der Waals surface area contributed by atoms with Gasteiger partial charge in [-0.25, -0.2) is 4.68 Å². The highest BCUT2D eigenvalue weighted by molar-refractivity contribution is 7.83. The summed E-state index contributed by atoms with van der Waals surface area (Å²) >= 11 is 0. The molecule has 1 aromatic carbocycles. The summed E-state index contributed by atoms with van der Waals surface area (Å²) in [6.07, 6.45) is 0. The summed E-state index contributed by atoms with van der Waals surface area (Å²) in [6, 6.07) is 7.96. The molecule has 3 rings (SSSR count). The van der Waals surface area contributed by atoms with E-state index < -0.39 is 10.8 Å². The van der Waals surface area contributed by atoms with E-state index in [1.165, 1.54) is 0 Å². The Morgan fingerprint density at radius 1 is 1.27 bits per heavy atom. The highest BCUT2D eigenvalue weighted by atomic mass is 32.2. The Kier molecular flexibility index (Phi) is 3.87. The fourth-order valence-electron chi connectivity index (χ4n) is 2.39. The molecule has 0 spiro atoms. The number of carbonyl (C=O) groups is 1. The van der Waals surface area contributed by atoms with E-state index in [9.17, 15) is 9.00 Å². The molecule has 1 amide bonds. The maximum atomic E-state index is 12.1. The third-order valence-electron chi connectivity index (χ3n) is 3.71. The van der Waals surface area contributed by atoms with Gasteiger partial charge in [-0.2, -0.15) is 5.10 Å². The highest BCUT2D eigenvalue weighted by Gasteiger charge is 2.28. The van der Waals surface area contributed by atoms with E-state index in [1.807, 2.05) is 45.0 Å². The molecular weight excluding hydrogens is 298 g/mol. The van der Waals surface area contributed by atoms with Crippen molar-refractivity contribution >= 4 is 22.5 Å². The zero-order valence-corrected chi connectivity index (χ0v) is 13.7. The molecule has 0 unspecified atom stereocenters. The molecule has 116 valence electrons. The van der Waals surface area contributed by atoms with Crippen molar-refractivity contribution in [3.8, 4) is 5.69 Å². The zero-order valence-electron chi connectivity index (χ0n) is 12.9. The van der Waals surface area contributed by atoms with Crippen LogP contribution in [0, 0.1) is 12.8 Å². The molecule has 1 N–H and O–H groups in total. The van der Waals surface area contributed by atoms with Crippen LogP contribution in [0.3, 0.4) is 0 Å². The van der Waals surface area contributed by atoms with Crippen molar-refractivity contribution in [3.63, 3.8) is 0 Å².